The molecule has 0 aliphatic carbocycles. The first kappa shape index (κ1) is 8.02. The van der Waals surface area contributed by atoms with Crippen LogP contribution < -0.4 is 5.32 Å². The van der Waals surface area contributed by atoms with E-state index in [1.54, 1.807) is 0 Å². The minimum absolute atomic E-state index is 0.892. The molecule has 0 bridgehead atoms. The first-order valence-electron chi connectivity index (χ1n) is 4.14. The lowest BCUT2D eigenvalue weighted by molar-refractivity contribution is 0.276. The third-order valence-corrected chi connectivity index (χ3v) is 2.02. The van der Waals surface area contributed by atoms with Crippen molar-refractivity contribution in [2.45, 2.75) is 12.8 Å². The van der Waals surface area contributed by atoms with Crippen molar-refractivity contribution < 1.29 is 0 Å². The van der Waals surface area contributed by atoms with Gasteiger partial charge in [-0.05, 0) is 45.9 Å². The molecule has 1 fully saturated rings. The molecule has 1 atom stereocenters. The van der Waals surface area contributed by atoms with Crippen LogP contribution in [0.15, 0.2) is 0 Å². The van der Waals surface area contributed by atoms with Gasteiger partial charge in [0.05, 0.1) is 0 Å². The highest BCUT2D eigenvalue weighted by Crippen LogP contribution is 2.09. The highest BCUT2D eigenvalue weighted by Gasteiger charge is 2.12. The number of hydrogen-bond acceptors (Lipinski definition) is 2. The number of rotatable bonds is 2. The van der Waals surface area contributed by atoms with Crippen LogP contribution in [-0.4, -0.2) is 38.6 Å². The summed E-state index contributed by atoms with van der Waals surface area (Å²) in [5.74, 6) is 0.892. The predicted octanol–water partition coefficient (Wildman–Crippen LogP) is 0.548. The summed E-state index contributed by atoms with van der Waals surface area (Å²) in [7, 11) is 4.29. The fourth-order valence-electron chi connectivity index (χ4n) is 1.60. The van der Waals surface area contributed by atoms with Crippen LogP contribution in [0.2, 0.25) is 0 Å². The Balaban J connectivity index is 2.13. The van der Waals surface area contributed by atoms with Crippen LogP contribution in [-0.2, 0) is 0 Å². The Morgan fingerprint density at radius 2 is 2.30 bits per heavy atom. The molecule has 0 aromatic heterocycles. The molecule has 10 heavy (non-hydrogen) atoms. The molecule has 0 radical (unpaired) electrons. The van der Waals surface area contributed by atoms with Crippen molar-refractivity contribution in [1.29, 1.82) is 0 Å². The standard InChI is InChI=1S/C8H18N2/c1-10(2)7-8-4-3-5-9-6-8/h8-9H,3-7H2,1-2H3/t8-/m1/s1. The summed E-state index contributed by atoms with van der Waals surface area (Å²) in [6.45, 7) is 3.69. The van der Waals surface area contributed by atoms with Gasteiger partial charge in [0.2, 0.25) is 0 Å². The van der Waals surface area contributed by atoms with Crippen LogP contribution >= 0.6 is 0 Å². The first-order chi connectivity index (χ1) is 4.79. The minimum atomic E-state index is 0.892. The van der Waals surface area contributed by atoms with E-state index in [4.69, 9.17) is 0 Å². The van der Waals surface area contributed by atoms with Gasteiger partial charge in [0, 0.05) is 6.54 Å². The predicted molar refractivity (Wildman–Crippen MR) is 44.1 cm³/mol. The second kappa shape index (κ2) is 3.94. The van der Waals surface area contributed by atoms with Crippen molar-refractivity contribution in [2.75, 3.05) is 33.7 Å². The lowest BCUT2D eigenvalue weighted by Gasteiger charge is -2.25. The fraction of sp³-hybridized carbons (Fsp3) is 1.00. The van der Waals surface area contributed by atoms with Crippen molar-refractivity contribution >= 4 is 0 Å². The summed E-state index contributed by atoms with van der Waals surface area (Å²) >= 11 is 0. The molecule has 1 rings (SSSR count). The summed E-state index contributed by atoms with van der Waals surface area (Å²) in [6, 6.07) is 0. The Bertz CT molecular complexity index is 85.3. The van der Waals surface area contributed by atoms with Gasteiger partial charge in [-0.25, -0.2) is 0 Å². The van der Waals surface area contributed by atoms with Gasteiger partial charge in [0.15, 0.2) is 0 Å². The van der Waals surface area contributed by atoms with Crippen LogP contribution in [0.25, 0.3) is 0 Å². The van der Waals surface area contributed by atoms with Gasteiger partial charge in [-0.15, -0.1) is 0 Å². The molecule has 1 N–H and O–H groups in total. The molecule has 0 spiro atoms. The number of hydrogen-bond donors (Lipinski definition) is 1. The zero-order valence-electron chi connectivity index (χ0n) is 7.06. The molecule has 0 saturated carbocycles. The van der Waals surface area contributed by atoms with E-state index < -0.39 is 0 Å². The van der Waals surface area contributed by atoms with E-state index in [9.17, 15) is 0 Å². The molecule has 1 aliphatic rings. The molecule has 1 heterocycles. The molecule has 0 amide bonds. The Hall–Kier alpha value is -0.0800. The topological polar surface area (TPSA) is 15.3 Å². The zero-order valence-corrected chi connectivity index (χ0v) is 7.06. The number of piperidine rings is 1. The Morgan fingerprint density at radius 3 is 2.80 bits per heavy atom. The summed E-state index contributed by atoms with van der Waals surface area (Å²) in [5, 5.41) is 3.41. The smallest absolute Gasteiger partial charge is 0.00157 e. The summed E-state index contributed by atoms with van der Waals surface area (Å²) in [4.78, 5) is 2.28. The average Bonchev–Trinajstić information content (AvgIpc) is 1.88. The molecule has 0 aromatic rings. The maximum Gasteiger partial charge on any atom is 0.00157 e. The summed E-state index contributed by atoms with van der Waals surface area (Å²) in [5.41, 5.74) is 0. The SMILES string of the molecule is CN(C)C[C@@H]1CCCNC1. The van der Waals surface area contributed by atoms with E-state index in [0.29, 0.717) is 0 Å². The molecular weight excluding hydrogens is 124 g/mol. The molecule has 0 unspecified atom stereocenters. The highest BCUT2D eigenvalue weighted by atomic mass is 15.1. The average molecular weight is 142 g/mol. The molecular formula is C8H18N2. The molecule has 60 valence electrons. The lowest BCUT2D eigenvalue weighted by Crippen LogP contribution is -2.35. The molecule has 0 aromatic carbocycles. The third-order valence-electron chi connectivity index (χ3n) is 2.02. The fourth-order valence-corrected chi connectivity index (χ4v) is 1.60. The normalized spacial score (nSPS) is 27.3. The Morgan fingerprint density at radius 1 is 1.50 bits per heavy atom. The quantitative estimate of drug-likeness (QED) is 0.605. The minimum Gasteiger partial charge on any atom is -0.316 e. The van der Waals surface area contributed by atoms with E-state index in [1.807, 2.05) is 0 Å². The number of nitrogens with zero attached hydrogens (tertiary/aromatic N) is 1. The van der Waals surface area contributed by atoms with E-state index in [0.717, 1.165) is 5.92 Å². The van der Waals surface area contributed by atoms with E-state index >= 15 is 0 Å². The van der Waals surface area contributed by atoms with Gasteiger partial charge in [-0.2, -0.15) is 0 Å². The van der Waals surface area contributed by atoms with Gasteiger partial charge in [0.25, 0.3) is 0 Å². The van der Waals surface area contributed by atoms with Crippen LogP contribution in [0, 0.1) is 5.92 Å². The van der Waals surface area contributed by atoms with Crippen molar-refractivity contribution in [2.24, 2.45) is 5.92 Å². The molecule has 2 heteroatoms. The van der Waals surface area contributed by atoms with E-state index in [-0.39, 0.29) is 0 Å². The molecule has 1 aliphatic heterocycles. The monoisotopic (exact) mass is 142 g/mol. The Kier molecular flexibility index (Phi) is 3.16. The first-order valence-corrected chi connectivity index (χ1v) is 4.14. The molecule has 2 nitrogen and oxygen atoms in total. The third kappa shape index (κ3) is 2.67. The summed E-state index contributed by atoms with van der Waals surface area (Å²) in [6.07, 6.45) is 2.77. The van der Waals surface area contributed by atoms with Crippen molar-refractivity contribution in [3.8, 4) is 0 Å². The van der Waals surface area contributed by atoms with Crippen LogP contribution in [0.5, 0.6) is 0 Å². The van der Waals surface area contributed by atoms with Gasteiger partial charge < -0.3 is 10.2 Å². The van der Waals surface area contributed by atoms with Crippen molar-refractivity contribution in [3.05, 3.63) is 0 Å². The van der Waals surface area contributed by atoms with Crippen LogP contribution in [0.1, 0.15) is 12.8 Å². The van der Waals surface area contributed by atoms with Crippen LogP contribution in [0.4, 0.5) is 0 Å². The second-order valence-electron chi connectivity index (χ2n) is 3.47. The largest absolute Gasteiger partial charge is 0.316 e. The van der Waals surface area contributed by atoms with Gasteiger partial charge in [-0.3, -0.25) is 0 Å². The maximum absolute atomic E-state index is 3.41. The van der Waals surface area contributed by atoms with Gasteiger partial charge in [-0.1, -0.05) is 0 Å². The number of nitrogens with one attached hydrogen (secondary N) is 1. The van der Waals surface area contributed by atoms with Gasteiger partial charge >= 0.3 is 0 Å². The van der Waals surface area contributed by atoms with Crippen LogP contribution in [0.3, 0.4) is 0 Å². The maximum atomic E-state index is 3.41. The lowest BCUT2D eigenvalue weighted by atomic mass is 9.99. The van der Waals surface area contributed by atoms with E-state index in [1.165, 1.54) is 32.5 Å². The zero-order chi connectivity index (χ0) is 7.40. The van der Waals surface area contributed by atoms with Crippen molar-refractivity contribution in [3.63, 3.8) is 0 Å². The van der Waals surface area contributed by atoms with Gasteiger partial charge in [0.1, 0.15) is 0 Å². The molecule has 1 saturated heterocycles. The highest BCUT2D eigenvalue weighted by molar-refractivity contribution is 4.70. The van der Waals surface area contributed by atoms with E-state index in [2.05, 4.69) is 24.3 Å². The van der Waals surface area contributed by atoms with Crippen molar-refractivity contribution in [1.82, 2.24) is 10.2 Å². The summed E-state index contributed by atoms with van der Waals surface area (Å²) < 4.78 is 0. The Labute approximate surface area is 63.6 Å². The second-order valence-corrected chi connectivity index (χ2v) is 3.47.